The minimum absolute atomic E-state index is 0. The maximum Gasteiger partial charge on any atom is 0.346 e. The molecule has 2 rings (SSSR count). The van der Waals surface area contributed by atoms with Crippen LogP contribution in [-0.4, -0.2) is 4.98 Å². The fourth-order valence-electron chi connectivity index (χ4n) is 1.02. The van der Waals surface area contributed by atoms with Crippen LogP contribution >= 0.6 is 12.4 Å². The Balaban J connectivity index is 0.000000845. The monoisotopic (exact) mass is 201 g/mol. The van der Waals surface area contributed by atoms with Gasteiger partial charge in [-0.3, -0.25) is 4.98 Å². The van der Waals surface area contributed by atoms with Crippen LogP contribution in [0.25, 0.3) is 10.8 Å². The molecule has 0 aliphatic rings. The molecule has 0 spiro atoms. The highest BCUT2D eigenvalue weighted by Gasteiger charge is 2.04. The van der Waals surface area contributed by atoms with Crippen molar-refractivity contribution >= 4 is 23.2 Å². The van der Waals surface area contributed by atoms with Crippen molar-refractivity contribution in [2.24, 2.45) is 0 Å². The van der Waals surface area contributed by atoms with E-state index in [4.69, 9.17) is 0 Å². The summed E-state index contributed by atoms with van der Waals surface area (Å²) in [6, 6.07) is 1.49. The zero-order valence-corrected chi connectivity index (χ0v) is 7.18. The maximum absolute atomic E-state index is 12.9. The number of nitrogens with zero attached hydrogens (tertiary/aromatic N) is 1. The Hall–Kier alpha value is -1.42. The smallest absolute Gasteiger partial charge is 0.346 e. The third-order valence-corrected chi connectivity index (χ3v) is 1.56. The van der Waals surface area contributed by atoms with Gasteiger partial charge in [-0.15, -0.1) is 12.4 Å². The second-order valence-corrected chi connectivity index (χ2v) is 2.29. The van der Waals surface area contributed by atoms with Crippen LogP contribution in [0.15, 0.2) is 33.9 Å². The van der Waals surface area contributed by atoms with Crippen LogP contribution in [-0.2, 0) is 0 Å². The van der Waals surface area contributed by atoms with Crippen molar-refractivity contribution < 1.29 is 8.81 Å². The molecule has 0 N–H and O–H groups in total. The number of pyridine rings is 1. The Labute approximate surface area is 78.6 Å². The fraction of sp³-hybridized carbons (Fsp3) is 0. The standard InChI is InChI=1S/C8H4FNO2.ClH/c9-6-4-10-3-5-1-2-12-8(11)7(5)6;/h1-4H;1H. The average Bonchev–Trinajstić information content (AvgIpc) is 2.04. The Bertz CT molecular complexity index is 478. The molecule has 0 bridgehead atoms. The minimum atomic E-state index is -0.674. The Morgan fingerprint density at radius 2 is 2.15 bits per heavy atom. The molecule has 3 nitrogen and oxygen atoms in total. The van der Waals surface area contributed by atoms with Gasteiger partial charge in [0.1, 0.15) is 5.39 Å². The summed E-state index contributed by atoms with van der Waals surface area (Å²) in [5, 5.41) is 0.402. The first-order valence-electron chi connectivity index (χ1n) is 3.30. The number of aromatic nitrogens is 1. The van der Waals surface area contributed by atoms with E-state index in [0.29, 0.717) is 5.39 Å². The third kappa shape index (κ3) is 1.53. The molecule has 5 heteroatoms. The van der Waals surface area contributed by atoms with Crippen LogP contribution < -0.4 is 5.63 Å². The summed E-state index contributed by atoms with van der Waals surface area (Å²) < 4.78 is 17.4. The van der Waals surface area contributed by atoms with Gasteiger partial charge >= 0.3 is 5.63 Å². The van der Waals surface area contributed by atoms with Crippen LogP contribution in [0.1, 0.15) is 0 Å². The van der Waals surface area contributed by atoms with Crippen LogP contribution in [0.4, 0.5) is 4.39 Å². The maximum atomic E-state index is 12.9. The first-order valence-corrected chi connectivity index (χ1v) is 3.30. The lowest BCUT2D eigenvalue weighted by molar-refractivity contribution is 0.514. The summed E-state index contributed by atoms with van der Waals surface area (Å²) in [6.45, 7) is 0. The second kappa shape index (κ2) is 3.53. The third-order valence-electron chi connectivity index (χ3n) is 1.56. The predicted octanol–water partition coefficient (Wildman–Crippen LogP) is 1.75. The second-order valence-electron chi connectivity index (χ2n) is 2.29. The summed E-state index contributed by atoms with van der Waals surface area (Å²) in [5.74, 6) is -0.651. The van der Waals surface area contributed by atoms with E-state index in [2.05, 4.69) is 9.40 Å². The number of halogens is 2. The van der Waals surface area contributed by atoms with Crippen LogP contribution in [0.2, 0.25) is 0 Å². The SMILES string of the molecule is Cl.O=c1occc2cncc(F)c12. The molecule has 0 saturated carbocycles. The molecule has 0 fully saturated rings. The topological polar surface area (TPSA) is 43.1 Å². The molecule has 68 valence electrons. The molecule has 0 unspecified atom stereocenters. The first kappa shape index (κ1) is 9.67. The summed E-state index contributed by atoms with van der Waals surface area (Å²) in [5.41, 5.74) is -0.674. The number of rotatable bonds is 0. The number of hydrogen-bond acceptors (Lipinski definition) is 3. The van der Waals surface area contributed by atoms with Crippen molar-refractivity contribution in [3.63, 3.8) is 0 Å². The van der Waals surface area contributed by atoms with E-state index in [1.165, 1.54) is 18.5 Å². The predicted molar refractivity (Wildman–Crippen MR) is 47.5 cm³/mol. The van der Waals surface area contributed by atoms with Gasteiger partial charge in [-0.25, -0.2) is 9.18 Å². The molecule has 0 aliphatic carbocycles. The molecule has 0 saturated heterocycles. The van der Waals surface area contributed by atoms with Gasteiger partial charge < -0.3 is 4.42 Å². The van der Waals surface area contributed by atoms with Gasteiger partial charge in [0, 0.05) is 11.6 Å². The van der Waals surface area contributed by atoms with Crippen molar-refractivity contribution in [3.05, 3.63) is 41.0 Å². The van der Waals surface area contributed by atoms with E-state index in [9.17, 15) is 9.18 Å². The lowest BCUT2D eigenvalue weighted by Crippen LogP contribution is -2.00. The molecule has 2 aromatic rings. The molecule has 13 heavy (non-hydrogen) atoms. The number of hydrogen-bond donors (Lipinski definition) is 0. The van der Waals surface area contributed by atoms with Crippen LogP contribution in [0.3, 0.4) is 0 Å². The van der Waals surface area contributed by atoms with Crippen LogP contribution in [0.5, 0.6) is 0 Å². The van der Waals surface area contributed by atoms with Crippen molar-refractivity contribution in [1.29, 1.82) is 0 Å². The normalized spacial score (nSPS) is 9.62. The van der Waals surface area contributed by atoms with E-state index in [-0.39, 0.29) is 17.8 Å². The highest BCUT2D eigenvalue weighted by Crippen LogP contribution is 2.10. The molecule has 0 amide bonds. The zero-order valence-electron chi connectivity index (χ0n) is 6.36. The van der Waals surface area contributed by atoms with E-state index in [1.54, 1.807) is 0 Å². The van der Waals surface area contributed by atoms with Crippen molar-refractivity contribution in [3.8, 4) is 0 Å². The Morgan fingerprint density at radius 1 is 1.38 bits per heavy atom. The zero-order chi connectivity index (χ0) is 8.55. The van der Waals surface area contributed by atoms with E-state index in [1.807, 2.05) is 0 Å². The van der Waals surface area contributed by atoms with Crippen molar-refractivity contribution in [1.82, 2.24) is 4.98 Å². The molecule has 2 aromatic heterocycles. The first-order chi connectivity index (χ1) is 5.79. The van der Waals surface area contributed by atoms with E-state index >= 15 is 0 Å². The highest BCUT2D eigenvalue weighted by atomic mass is 35.5. The Morgan fingerprint density at radius 3 is 2.85 bits per heavy atom. The highest BCUT2D eigenvalue weighted by molar-refractivity contribution is 5.85. The summed E-state index contributed by atoms with van der Waals surface area (Å²) in [6.07, 6.45) is 3.61. The average molecular weight is 202 g/mol. The minimum Gasteiger partial charge on any atom is -0.431 e. The Kier molecular flexibility index (Phi) is 2.63. The molecular formula is C8H5ClFNO2. The summed E-state index contributed by atoms with van der Waals surface area (Å²) in [4.78, 5) is 14.6. The molecular weight excluding hydrogens is 197 g/mol. The molecule has 2 heterocycles. The van der Waals surface area contributed by atoms with Gasteiger partial charge in [0.2, 0.25) is 0 Å². The van der Waals surface area contributed by atoms with Gasteiger partial charge in [-0.2, -0.15) is 0 Å². The number of fused-ring (bicyclic) bond motifs is 1. The molecule has 0 atom stereocenters. The van der Waals surface area contributed by atoms with Gasteiger partial charge in [-0.1, -0.05) is 0 Å². The van der Waals surface area contributed by atoms with E-state index in [0.717, 1.165) is 6.20 Å². The fourth-order valence-corrected chi connectivity index (χ4v) is 1.02. The molecule has 0 aromatic carbocycles. The molecule has 0 aliphatic heterocycles. The van der Waals surface area contributed by atoms with Gasteiger partial charge in [0.25, 0.3) is 0 Å². The van der Waals surface area contributed by atoms with Gasteiger partial charge in [0.05, 0.1) is 12.5 Å². The van der Waals surface area contributed by atoms with Crippen molar-refractivity contribution in [2.75, 3.05) is 0 Å². The van der Waals surface area contributed by atoms with Crippen LogP contribution in [0, 0.1) is 5.82 Å². The quantitative estimate of drug-likeness (QED) is 0.652. The van der Waals surface area contributed by atoms with Gasteiger partial charge in [-0.05, 0) is 6.07 Å². The lowest BCUT2D eigenvalue weighted by atomic mass is 10.2. The summed E-state index contributed by atoms with van der Waals surface area (Å²) >= 11 is 0. The lowest BCUT2D eigenvalue weighted by Gasteiger charge is -1.93. The largest absolute Gasteiger partial charge is 0.431 e. The summed E-state index contributed by atoms with van der Waals surface area (Å²) in [7, 11) is 0. The van der Waals surface area contributed by atoms with Crippen molar-refractivity contribution in [2.45, 2.75) is 0 Å². The molecule has 0 radical (unpaired) electrons. The van der Waals surface area contributed by atoms with E-state index < -0.39 is 11.4 Å². The van der Waals surface area contributed by atoms with Gasteiger partial charge in [0.15, 0.2) is 5.82 Å².